The summed E-state index contributed by atoms with van der Waals surface area (Å²) in [6.07, 6.45) is 3.58. The number of nitrogens with one attached hydrogen (secondary N) is 1. The van der Waals surface area contributed by atoms with E-state index in [-0.39, 0.29) is 5.69 Å². The minimum absolute atomic E-state index is 0.334. The van der Waals surface area contributed by atoms with E-state index in [4.69, 9.17) is 11.6 Å². The lowest BCUT2D eigenvalue weighted by molar-refractivity contribution is 0.780. The van der Waals surface area contributed by atoms with E-state index in [1.54, 1.807) is 12.3 Å². The summed E-state index contributed by atoms with van der Waals surface area (Å²) in [5.74, 6) is 0.637. The highest BCUT2D eigenvalue weighted by molar-refractivity contribution is 6.29. The molecule has 1 aromatic rings. The number of nitrogens with zero attached hydrogens (tertiary/aromatic N) is 3. The van der Waals surface area contributed by atoms with Gasteiger partial charge in [-0.2, -0.15) is 4.98 Å². The first-order valence-corrected chi connectivity index (χ1v) is 5.76. The van der Waals surface area contributed by atoms with Crippen molar-refractivity contribution in [2.75, 3.05) is 0 Å². The first-order chi connectivity index (χ1) is 8.72. The lowest BCUT2D eigenvalue weighted by Crippen LogP contribution is -2.06. The van der Waals surface area contributed by atoms with Crippen LogP contribution in [0.2, 0.25) is 5.15 Å². The molecule has 90 valence electrons. The molecule has 3 rings (SSSR count). The van der Waals surface area contributed by atoms with Crippen molar-refractivity contribution in [3.8, 4) is 11.5 Å². The third-order valence-corrected chi connectivity index (χ3v) is 2.86. The van der Waals surface area contributed by atoms with Crippen molar-refractivity contribution in [3.63, 3.8) is 0 Å². The van der Waals surface area contributed by atoms with Gasteiger partial charge in [-0.05, 0) is 23.8 Å². The van der Waals surface area contributed by atoms with Gasteiger partial charge in [0.05, 0.1) is 12.2 Å². The van der Waals surface area contributed by atoms with E-state index in [1.165, 1.54) is 0 Å². The van der Waals surface area contributed by atoms with Gasteiger partial charge in [-0.3, -0.25) is 0 Å². The summed E-state index contributed by atoms with van der Waals surface area (Å²) in [7, 11) is 0. The molecular weight excluding hydrogens is 252 g/mol. The molecule has 0 aliphatic carbocycles. The number of H-pyrrole nitrogens is 1. The molecule has 0 spiro atoms. The molecule has 0 atom stereocenters. The summed E-state index contributed by atoms with van der Waals surface area (Å²) in [5.41, 5.74) is 1.39. The molecule has 1 N–H and O–H groups in total. The molecule has 0 saturated heterocycles. The summed E-state index contributed by atoms with van der Waals surface area (Å²) in [5, 5.41) is 0.462. The van der Waals surface area contributed by atoms with Crippen LogP contribution in [0.4, 0.5) is 0 Å². The van der Waals surface area contributed by atoms with Gasteiger partial charge in [-0.1, -0.05) is 17.7 Å². The summed E-state index contributed by atoms with van der Waals surface area (Å²) in [4.78, 5) is 21.9. The first-order valence-electron chi connectivity index (χ1n) is 5.38. The van der Waals surface area contributed by atoms with Gasteiger partial charge in [-0.15, -0.1) is 0 Å². The Morgan fingerprint density at radius 3 is 3.00 bits per heavy atom. The summed E-state index contributed by atoms with van der Waals surface area (Å²) < 4.78 is 1.89. The lowest BCUT2D eigenvalue weighted by atomic mass is 10.2. The highest BCUT2D eigenvalue weighted by Gasteiger charge is 2.10. The Kier molecular flexibility index (Phi) is 2.60. The number of aromatic amines is 1. The van der Waals surface area contributed by atoms with Crippen LogP contribution in [0.15, 0.2) is 41.5 Å². The van der Waals surface area contributed by atoms with E-state index in [9.17, 15) is 4.79 Å². The van der Waals surface area contributed by atoms with E-state index in [0.717, 1.165) is 11.3 Å². The molecule has 2 aliphatic rings. The molecule has 0 bridgehead atoms. The van der Waals surface area contributed by atoms with Gasteiger partial charge in [0, 0.05) is 12.4 Å². The molecule has 0 aromatic carbocycles. The van der Waals surface area contributed by atoms with Crippen molar-refractivity contribution in [3.05, 3.63) is 57.9 Å². The van der Waals surface area contributed by atoms with Gasteiger partial charge in [0.1, 0.15) is 5.15 Å². The lowest BCUT2D eigenvalue weighted by Gasteiger charge is -2.10. The van der Waals surface area contributed by atoms with Crippen LogP contribution < -0.4 is 5.69 Å². The van der Waals surface area contributed by atoms with Crippen LogP contribution >= 0.6 is 11.6 Å². The molecule has 0 radical (unpaired) electrons. The van der Waals surface area contributed by atoms with Crippen LogP contribution in [0.5, 0.6) is 0 Å². The second-order valence-electron chi connectivity index (χ2n) is 3.90. The van der Waals surface area contributed by atoms with Crippen molar-refractivity contribution in [1.82, 2.24) is 19.5 Å². The summed E-state index contributed by atoms with van der Waals surface area (Å²) >= 11 is 5.74. The third kappa shape index (κ3) is 2.00. The van der Waals surface area contributed by atoms with Crippen LogP contribution in [-0.2, 0) is 6.54 Å². The minimum Gasteiger partial charge on any atom is -0.327 e. The highest BCUT2D eigenvalue weighted by atomic mass is 35.5. The number of hydrogen-bond acceptors (Lipinski definition) is 3. The molecule has 5 nitrogen and oxygen atoms in total. The van der Waals surface area contributed by atoms with Gasteiger partial charge in [0.15, 0.2) is 5.82 Å². The maximum atomic E-state index is 11.2. The predicted molar refractivity (Wildman–Crippen MR) is 67.8 cm³/mol. The van der Waals surface area contributed by atoms with E-state index >= 15 is 0 Å². The number of aromatic nitrogens is 4. The maximum absolute atomic E-state index is 11.2. The zero-order valence-corrected chi connectivity index (χ0v) is 10.1. The SMILES string of the molecule is O=c1nc2n(Cc3ccc(Cl)nc3)cccc-2[nH]1. The number of pyridine rings is 2. The summed E-state index contributed by atoms with van der Waals surface area (Å²) in [6.45, 7) is 0.589. The molecule has 0 saturated carbocycles. The Morgan fingerprint density at radius 2 is 2.22 bits per heavy atom. The van der Waals surface area contributed by atoms with Crippen LogP contribution in [-0.4, -0.2) is 19.5 Å². The standard InChI is InChI=1S/C12H9ClN4O/c13-10-4-3-8(6-14-10)7-17-5-1-2-9-11(17)16-12(18)15-9/h1-6H,7H2,(H,15,18). The van der Waals surface area contributed by atoms with E-state index in [1.807, 2.05) is 29.0 Å². The molecule has 2 aliphatic heterocycles. The Balaban J connectivity index is 2.00. The van der Waals surface area contributed by atoms with Crippen LogP contribution in [0.25, 0.3) is 11.5 Å². The quantitative estimate of drug-likeness (QED) is 0.715. The normalized spacial score (nSPS) is 10.9. The maximum Gasteiger partial charge on any atom is 0.347 e. The average molecular weight is 261 g/mol. The number of halogens is 1. The number of rotatable bonds is 2. The van der Waals surface area contributed by atoms with Gasteiger partial charge >= 0.3 is 5.69 Å². The van der Waals surface area contributed by atoms with Crippen molar-refractivity contribution < 1.29 is 0 Å². The van der Waals surface area contributed by atoms with Crippen molar-refractivity contribution in [2.24, 2.45) is 0 Å². The second-order valence-corrected chi connectivity index (χ2v) is 4.29. The Hall–Kier alpha value is -2.14. The Bertz CT molecular complexity index is 701. The van der Waals surface area contributed by atoms with Gasteiger partial charge in [0.25, 0.3) is 0 Å². The fourth-order valence-electron chi connectivity index (χ4n) is 1.83. The number of imidazole rings is 1. The van der Waals surface area contributed by atoms with E-state index in [2.05, 4.69) is 15.0 Å². The van der Waals surface area contributed by atoms with Crippen molar-refractivity contribution >= 4 is 11.6 Å². The molecule has 3 heterocycles. The molecular formula is C12H9ClN4O. The highest BCUT2D eigenvalue weighted by Crippen LogP contribution is 2.16. The zero-order valence-electron chi connectivity index (χ0n) is 9.30. The van der Waals surface area contributed by atoms with Crippen LogP contribution in [0.1, 0.15) is 5.56 Å². The van der Waals surface area contributed by atoms with E-state index in [0.29, 0.717) is 17.5 Å². The molecule has 18 heavy (non-hydrogen) atoms. The van der Waals surface area contributed by atoms with Gasteiger partial charge in [0.2, 0.25) is 0 Å². The Labute approximate surface area is 107 Å². The Morgan fingerprint density at radius 1 is 1.33 bits per heavy atom. The molecule has 0 unspecified atom stereocenters. The van der Waals surface area contributed by atoms with E-state index < -0.39 is 0 Å². The first kappa shape index (κ1) is 11.0. The van der Waals surface area contributed by atoms with Gasteiger partial charge < -0.3 is 9.55 Å². The largest absolute Gasteiger partial charge is 0.347 e. The van der Waals surface area contributed by atoms with Crippen molar-refractivity contribution in [2.45, 2.75) is 6.54 Å². The van der Waals surface area contributed by atoms with Crippen LogP contribution in [0.3, 0.4) is 0 Å². The topological polar surface area (TPSA) is 63.6 Å². The third-order valence-electron chi connectivity index (χ3n) is 2.63. The zero-order chi connectivity index (χ0) is 12.5. The fourth-order valence-corrected chi connectivity index (χ4v) is 1.94. The smallest absolute Gasteiger partial charge is 0.327 e. The predicted octanol–water partition coefficient (Wildman–Crippen LogP) is 1.77. The van der Waals surface area contributed by atoms with Crippen LogP contribution in [0, 0.1) is 0 Å². The molecule has 0 amide bonds. The number of fused-ring (bicyclic) bond motifs is 1. The minimum atomic E-state index is -0.334. The number of hydrogen-bond donors (Lipinski definition) is 1. The van der Waals surface area contributed by atoms with Gasteiger partial charge in [-0.25, -0.2) is 9.78 Å². The van der Waals surface area contributed by atoms with Crippen molar-refractivity contribution in [1.29, 1.82) is 0 Å². The fraction of sp³-hybridized carbons (Fsp3) is 0.0833. The second kappa shape index (κ2) is 4.27. The summed E-state index contributed by atoms with van der Waals surface area (Å²) in [6, 6.07) is 7.32. The molecule has 1 aromatic heterocycles. The molecule has 0 fully saturated rings. The monoisotopic (exact) mass is 260 g/mol. The average Bonchev–Trinajstić information content (AvgIpc) is 2.73. The molecule has 6 heteroatoms.